The first kappa shape index (κ1) is 14.8. The highest BCUT2D eigenvalue weighted by Crippen LogP contribution is 2.24. The second kappa shape index (κ2) is 5.27. The normalized spacial score (nSPS) is 11.9. The Labute approximate surface area is 130 Å². The minimum absolute atomic E-state index is 0.106. The molecule has 0 saturated carbocycles. The van der Waals surface area contributed by atoms with Crippen molar-refractivity contribution in [2.75, 3.05) is 0 Å². The van der Waals surface area contributed by atoms with Gasteiger partial charge in [-0.3, -0.25) is 4.79 Å². The van der Waals surface area contributed by atoms with Crippen molar-refractivity contribution < 1.29 is 13.2 Å². The standard InChI is InChI=1S/C13H12N4O3S2/c1-8(18)6-9-2-4-10(5-3-9)11-7-17-12(15-11)21-13(16-17)22(14,19)20/h2-5,7H,6H2,1H3,(H2,14,19,20). The molecule has 0 bridgehead atoms. The Morgan fingerprint density at radius 1 is 1.32 bits per heavy atom. The number of primary sulfonamides is 1. The molecule has 0 saturated heterocycles. The Morgan fingerprint density at radius 2 is 2.00 bits per heavy atom. The molecule has 2 heterocycles. The SMILES string of the molecule is CC(=O)Cc1ccc(-c2cn3nc(S(N)(=O)=O)sc3n2)cc1. The van der Waals surface area contributed by atoms with Crippen molar-refractivity contribution in [1.29, 1.82) is 0 Å². The number of imidazole rings is 1. The number of aromatic nitrogens is 3. The zero-order chi connectivity index (χ0) is 15.9. The lowest BCUT2D eigenvalue weighted by Crippen LogP contribution is -2.12. The number of benzene rings is 1. The van der Waals surface area contributed by atoms with Gasteiger partial charge in [0.2, 0.25) is 9.30 Å². The summed E-state index contributed by atoms with van der Waals surface area (Å²) in [5, 5.41) is 8.94. The van der Waals surface area contributed by atoms with Crippen LogP contribution in [0.5, 0.6) is 0 Å². The molecular formula is C13H12N4O3S2. The van der Waals surface area contributed by atoms with E-state index in [9.17, 15) is 13.2 Å². The molecule has 7 nitrogen and oxygen atoms in total. The zero-order valence-electron chi connectivity index (χ0n) is 11.6. The van der Waals surface area contributed by atoms with E-state index < -0.39 is 10.0 Å². The van der Waals surface area contributed by atoms with E-state index in [0.29, 0.717) is 17.1 Å². The summed E-state index contributed by atoms with van der Waals surface area (Å²) < 4.78 is 23.7. The van der Waals surface area contributed by atoms with E-state index >= 15 is 0 Å². The molecule has 2 aromatic heterocycles. The van der Waals surface area contributed by atoms with Crippen LogP contribution >= 0.6 is 11.3 Å². The lowest BCUT2D eigenvalue weighted by Gasteiger charge is -2.00. The third-order valence-electron chi connectivity index (χ3n) is 2.97. The number of carbonyl (C=O) groups excluding carboxylic acids is 1. The highest BCUT2D eigenvalue weighted by molar-refractivity contribution is 7.91. The fourth-order valence-corrected chi connectivity index (χ4v) is 3.52. The van der Waals surface area contributed by atoms with Crippen LogP contribution in [0.15, 0.2) is 34.8 Å². The van der Waals surface area contributed by atoms with Crippen molar-refractivity contribution >= 4 is 32.1 Å². The van der Waals surface area contributed by atoms with Crippen LogP contribution in [-0.2, 0) is 21.2 Å². The molecule has 2 N–H and O–H groups in total. The highest BCUT2D eigenvalue weighted by Gasteiger charge is 2.17. The van der Waals surface area contributed by atoms with E-state index in [1.165, 1.54) is 4.52 Å². The van der Waals surface area contributed by atoms with Gasteiger partial charge in [-0.1, -0.05) is 35.6 Å². The summed E-state index contributed by atoms with van der Waals surface area (Å²) in [4.78, 5) is 15.9. The predicted octanol–water partition coefficient (Wildman–Crippen LogP) is 1.24. The fourth-order valence-electron chi connectivity index (χ4n) is 2.02. The Hall–Kier alpha value is -2.10. The van der Waals surface area contributed by atoms with Crippen LogP contribution < -0.4 is 5.14 Å². The third-order valence-corrected chi connectivity index (χ3v) is 5.20. The molecule has 0 unspecified atom stereocenters. The minimum Gasteiger partial charge on any atom is -0.300 e. The van der Waals surface area contributed by atoms with Gasteiger partial charge in [0.05, 0.1) is 11.9 Å². The molecular weight excluding hydrogens is 324 g/mol. The molecule has 0 aliphatic heterocycles. The molecule has 22 heavy (non-hydrogen) atoms. The van der Waals surface area contributed by atoms with Crippen LogP contribution in [0.3, 0.4) is 0 Å². The summed E-state index contributed by atoms with van der Waals surface area (Å²) in [5.41, 5.74) is 2.48. The minimum atomic E-state index is -3.81. The summed E-state index contributed by atoms with van der Waals surface area (Å²) in [7, 11) is -3.81. The van der Waals surface area contributed by atoms with Gasteiger partial charge in [0, 0.05) is 12.0 Å². The topological polar surface area (TPSA) is 107 Å². The lowest BCUT2D eigenvalue weighted by molar-refractivity contribution is -0.116. The van der Waals surface area contributed by atoms with E-state index in [1.54, 1.807) is 13.1 Å². The van der Waals surface area contributed by atoms with Crippen molar-refractivity contribution in [3.8, 4) is 11.3 Å². The molecule has 0 spiro atoms. The van der Waals surface area contributed by atoms with Gasteiger partial charge in [-0.2, -0.15) is 0 Å². The molecule has 1 aromatic carbocycles. The van der Waals surface area contributed by atoms with E-state index in [0.717, 1.165) is 22.5 Å². The number of ketones is 1. The van der Waals surface area contributed by atoms with Crippen molar-refractivity contribution in [3.63, 3.8) is 0 Å². The molecule has 0 atom stereocenters. The quantitative estimate of drug-likeness (QED) is 0.771. The van der Waals surface area contributed by atoms with Gasteiger partial charge in [-0.05, 0) is 12.5 Å². The number of nitrogens with zero attached hydrogens (tertiary/aromatic N) is 3. The van der Waals surface area contributed by atoms with Crippen LogP contribution in [0.1, 0.15) is 12.5 Å². The predicted molar refractivity (Wildman–Crippen MR) is 82.1 cm³/mol. The Morgan fingerprint density at radius 3 is 2.55 bits per heavy atom. The number of fused-ring (bicyclic) bond motifs is 1. The van der Waals surface area contributed by atoms with Crippen molar-refractivity contribution in [2.45, 2.75) is 17.7 Å². The first-order chi connectivity index (χ1) is 10.3. The third kappa shape index (κ3) is 2.91. The first-order valence-electron chi connectivity index (χ1n) is 6.31. The van der Waals surface area contributed by atoms with Crippen LogP contribution in [0, 0.1) is 0 Å². The highest BCUT2D eigenvalue weighted by atomic mass is 32.2. The summed E-state index contributed by atoms with van der Waals surface area (Å²) in [6, 6.07) is 7.47. The second-order valence-corrected chi connectivity index (χ2v) is 7.53. The maximum Gasteiger partial charge on any atom is 0.267 e. The van der Waals surface area contributed by atoms with E-state index in [2.05, 4.69) is 10.1 Å². The van der Waals surface area contributed by atoms with Crippen LogP contribution in [0.25, 0.3) is 16.2 Å². The van der Waals surface area contributed by atoms with Crippen molar-refractivity contribution in [1.82, 2.24) is 14.6 Å². The van der Waals surface area contributed by atoms with Gasteiger partial charge in [-0.25, -0.2) is 23.1 Å². The summed E-state index contributed by atoms with van der Waals surface area (Å²) >= 11 is 0.914. The zero-order valence-corrected chi connectivity index (χ0v) is 13.2. The summed E-state index contributed by atoms with van der Waals surface area (Å²) in [5.74, 6) is 0.106. The first-order valence-corrected chi connectivity index (χ1v) is 8.67. The molecule has 3 aromatic rings. The van der Waals surface area contributed by atoms with E-state index in [4.69, 9.17) is 5.14 Å². The van der Waals surface area contributed by atoms with Gasteiger partial charge in [0.1, 0.15) is 5.78 Å². The average Bonchev–Trinajstić information content (AvgIpc) is 2.96. The smallest absolute Gasteiger partial charge is 0.267 e. The van der Waals surface area contributed by atoms with Crippen molar-refractivity contribution in [2.24, 2.45) is 5.14 Å². The molecule has 0 aliphatic carbocycles. The van der Waals surface area contributed by atoms with Crippen molar-refractivity contribution in [3.05, 3.63) is 36.0 Å². The van der Waals surface area contributed by atoms with Crippen LogP contribution in [0.2, 0.25) is 0 Å². The van der Waals surface area contributed by atoms with E-state index in [-0.39, 0.29) is 10.1 Å². The Bertz CT molecular complexity index is 924. The van der Waals surface area contributed by atoms with Crippen LogP contribution in [-0.4, -0.2) is 28.8 Å². The number of hydrogen-bond acceptors (Lipinski definition) is 6. The Kier molecular flexibility index (Phi) is 3.55. The van der Waals surface area contributed by atoms with E-state index in [1.807, 2.05) is 24.3 Å². The Balaban J connectivity index is 1.93. The lowest BCUT2D eigenvalue weighted by atomic mass is 10.1. The maximum absolute atomic E-state index is 11.2. The molecule has 9 heteroatoms. The van der Waals surface area contributed by atoms with Gasteiger partial charge in [0.15, 0.2) is 0 Å². The van der Waals surface area contributed by atoms with Crippen LogP contribution in [0.4, 0.5) is 0 Å². The molecule has 0 amide bonds. The number of carbonyl (C=O) groups is 1. The van der Waals surface area contributed by atoms with Gasteiger partial charge < -0.3 is 0 Å². The van der Waals surface area contributed by atoms with Gasteiger partial charge >= 0.3 is 0 Å². The molecule has 3 rings (SSSR count). The number of rotatable bonds is 4. The summed E-state index contributed by atoms with van der Waals surface area (Å²) in [6.07, 6.45) is 2.04. The molecule has 0 aliphatic rings. The largest absolute Gasteiger partial charge is 0.300 e. The monoisotopic (exact) mass is 336 g/mol. The number of sulfonamides is 1. The molecule has 114 valence electrons. The average molecular weight is 336 g/mol. The maximum atomic E-state index is 11.2. The molecule has 0 fully saturated rings. The number of hydrogen-bond donors (Lipinski definition) is 1. The van der Waals surface area contributed by atoms with Gasteiger partial charge in [-0.15, -0.1) is 5.10 Å². The number of nitrogens with two attached hydrogens (primary N) is 1. The molecule has 0 radical (unpaired) electrons. The second-order valence-electron chi connectivity index (χ2n) is 4.84. The fraction of sp³-hybridized carbons (Fsp3) is 0.154. The summed E-state index contributed by atoms with van der Waals surface area (Å²) in [6.45, 7) is 1.55. The number of Topliss-reactive ketones (excluding diaryl/α,β-unsaturated/α-hetero) is 1. The van der Waals surface area contributed by atoms with Gasteiger partial charge in [0.25, 0.3) is 10.0 Å².